The van der Waals surface area contributed by atoms with Gasteiger partial charge in [-0.15, -0.1) is 0 Å². The molecule has 0 amide bonds. The molecule has 0 aliphatic carbocycles. The molecule has 1 aliphatic heterocycles. The highest BCUT2D eigenvalue weighted by molar-refractivity contribution is 5.20. The van der Waals surface area contributed by atoms with E-state index in [2.05, 4.69) is 70.0 Å². The van der Waals surface area contributed by atoms with Gasteiger partial charge in [0, 0.05) is 49.9 Å². The average Bonchev–Trinajstić information content (AvgIpc) is 3.04. The number of hydrogen-bond donors (Lipinski definition) is 2. The Morgan fingerprint density at radius 3 is 2.61 bits per heavy atom. The van der Waals surface area contributed by atoms with Gasteiger partial charge in [-0.1, -0.05) is 37.3 Å². The molecule has 1 fully saturated rings. The van der Waals surface area contributed by atoms with Gasteiger partial charge < -0.3 is 4.90 Å². The molecule has 2 heterocycles. The number of aromatic nitrogens is 2. The van der Waals surface area contributed by atoms with Gasteiger partial charge >= 0.3 is 0 Å². The molecular formula is C18H25N5. The molecule has 0 saturated carbocycles. The fraction of sp³-hybridized carbons (Fsp3) is 0.444. The summed E-state index contributed by atoms with van der Waals surface area (Å²) in [4.78, 5) is 11.1. The van der Waals surface area contributed by atoms with Crippen molar-refractivity contribution >= 4 is 0 Å². The van der Waals surface area contributed by atoms with E-state index in [0.717, 1.165) is 31.9 Å². The van der Waals surface area contributed by atoms with Crippen LogP contribution in [0.4, 0.5) is 0 Å². The highest BCUT2D eigenvalue weighted by atomic mass is 15.4. The predicted molar refractivity (Wildman–Crippen MR) is 91.6 cm³/mol. The second-order valence-electron chi connectivity index (χ2n) is 6.23. The number of aryl methyl sites for hydroxylation is 1. The third-order valence-corrected chi connectivity index (χ3v) is 4.33. The molecule has 0 spiro atoms. The summed E-state index contributed by atoms with van der Waals surface area (Å²) in [5.41, 5.74) is 9.22. The third kappa shape index (κ3) is 4.13. The van der Waals surface area contributed by atoms with Gasteiger partial charge in [-0.3, -0.25) is 5.43 Å². The number of nitrogens with one attached hydrogen (secondary N) is 2. The van der Waals surface area contributed by atoms with E-state index < -0.39 is 0 Å². The van der Waals surface area contributed by atoms with Gasteiger partial charge in [0.1, 0.15) is 5.82 Å². The quantitative estimate of drug-likeness (QED) is 0.854. The Kier molecular flexibility index (Phi) is 5.33. The molecule has 5 nitrogen and oxygen atoms in total. The SMILES string of the molecule is CCc1ncc(CN(C)CC2CNNC2c2ccccc2)cn1. The first-order chi connectivity index (χ1) is 11.3. The van der Waals surface area contributed by atoms with E-state index in [1.165, 1.54) is 11.1 Å². The maximum Gasteiger partial charge on any atom is 0.127 e. The lowest BCUT2D eigenvalue weighted by Gasteiger charge is -2.24. The molecule has 2 N–H and O–H groups in total. The van der Waals surface area contributed by atoms with Crippen LogP contribution in [-0.2, 0) is 13.0 Å². The Balaban J connectivity index is 1.59. The molecule has 0 bridgehead atoms. The Labute approximate surface area is 138 Å². The Hall–Kier alpha value is -1.82. The zero-order chi connectivity index (χ0) is 16.1. The van der Waals surface area contributed by atoms with Crippen LogP contribution in [0.1, 0.15) is 29.9 Å². The number of hydrazine groups is 1. The minimum Gasteiger partial charge on any atom is -0.302 e. The number of benzene rings is 1. The van der Waals surface area contributed by atoms with Crippen LogP contribution >= 0.6 is 0 Å². The summed E-state index contributed by atoms with van der Waals surface area (Å²) >= 11 is 0. The largest absolute Gasteiger partial charge is 0.302 e. The molecule has 23 heavy (non-hydrogen) atoms. The summed E-state index contributed by atoms with van der Waals surface area (Å²) in [7, 11) is 2.16. The molecule has 2 atom stereocenters. The fourth-order valence-corrected chi connectivity index (χ4v) is 3.14. The van der Waals surface area contributed by atoms with Gasteiger partial charge in [0.15, 0.2) is 0 Å². The van der Waals surface area contributed by atoms with Gasteiger partial charge in [0.05, 0.1) is 6.04 Å². The Bertz CT molecular complexity index is 599. The van der Waals surface area contributed by atoms with Crippen molar-refractivity contribution in [2.45, 2.75) is 25.9 Å². The third-order valence-electron chi connectivity index (χ3n) is 4.33. The van der Waals surface area contributed by atoms with Crippen molar-refractivity contribution in [1.29, 1.82) is 0 Å². The minimum absolute atomic E-state index is 0.359. The zero-order valence-corrected chi connectivity index (χ0v) is 13.9. The van der Waals surface area contributed by atoms with Crippen LogP contribution in [0.5, 0.6) is 0 Å². The smallest absolute Gasteiger partial charge is 0.127 e. The van der Waals surface area contributed by atoms with Crippen LogP contribution in [0.2, 0.25) is 0 Å². The summed E-state index contributed by atoms with van der Waals surface area (Å²) in [6, 6.07) is 11.0. The lowest BCUT2D eigenvalue weighted by molar-refractivity contribution is 0.262. The number of nitrogens with zero attached hydrogens (tertiary/aromatic N) is 3. The normalized spacial score (nSPS) is 21.0. The minimum atomic E-state index is 0.359. The van der Waals surface area contributed by atoms with Crippen molar-refractivity contribution in [2.75, 3.05) is 20.1 Å². The maximum absolute atomic E-state index is 4.38. The van der Waals surface area contributed by atoms with E-state index in [1.54, 1.807) is 0 Å². The molecule has 1 aromatic carbocycles. The van der Waals surface area contributed by atoms with E-state index >= 15 is 0 Å². The van der Waals surface area contributed by atoms with Gasteiger partial charge in [-0.2, -0.15) is 0 Å². The molecule has 5 heteroatoms. The van der Waals surface area contributed by atoms with Crippen molar-refractivity contribution in [1.82, 2.24) is 25.7 Å². The topological polar surface area (TPSA) is 53.1 Å². The van der Waals surface area contributed by atoms with Crippen molar-refractivity contribution in [3.8, 4) is 0 Å². The van der Waals surface area contributed by atoms with Crippen LogP contribution in [0.25, 0.3) is 0 Å². The predicted octanol–water partition coefficient (Wildman–Crippen LogP) is 1.94. The Morgan fingerprint density at radius 1 is 1.17 bits per heavy atom. The highest BCUT2D eigenvalue weighted by Gasteiger charge is 2.28. The molecule has 3 rings (SSSR count). The van der Waals surface area contributed by atoms with E-state index in [4.69, 9.17) is 0 Å². The second kappa shape index (κ2) is 7.64. The molecular weight excluding hydrogens is 286 g/mol. The average molecular weight is 311 g/mol. The van der Waals surface area contributed by atoms with Gasteiger partial charge in [-0.25, -0.2) is 15.4 Å². The van der Waals surface area contributed by atoms with Gasteiger partial charge in [0.2, 0.25) is 0 Å². The summed E-state index contributed by atoms with van der Waals surface area (Å²) in [5.74, 6) is 1.45. The summed E-state index contributed by atoms with van der Waals surface area (Å²) in [6.45, 7) is 4.96. The van der Waals surface area contributed by atoms with Crippen molar-refractivity contribution in [3.05, 3.63) is 59.7 Å². The lowest BCUT2D eigenvalue weighted by Crippen LogP contribution is -2.30. The van der Waals surface area contributed by atoms with E-state index in [-0.39, 0.29) is 0 Å². The standard InChI is InChI=1S/C18H25N5/c1-3-17-19-9-14(10-20-17)12-23(2)13-16-11-21-22-18(16)15-7-5-4-6-8-15/h4-10,16,18,21-22H,3,11-13H2,1-2H3. The molecule has 1 aliphatic rings. The Morgan fingerprint density at radius 2 is 1.91 bits per heavy atom. The summed E-state index contributed by atoms with van der Waals surface area (Å²) < 4.78 is 0. The van der Waals surface area contributed by atoms with Crippen LogP contribution in [0.3, 0.4) is 0 Å². The number of hydrogen-bond acceptors (Lipinski definition) is 5. The van der Waals surface area contributed by atoms with Crippen LogP contribution in [0, 0.1) is 5.92 Å². The monoisotopic (exact) mass is 311 g/mol. The molecule has 2 unspecified atom stereocenters. The van der Waals surface area contributed by atoms with E-state index in [1.807, 2.05) is 12.4 Å². The van der Waals surface area contributed by atoms with Crippen LogP contribution in [-0.4, -0.2) is 35.0 Å². The fourth-order valence-electron chi connectivity index (χ4n) is 3.14. The molecule has 122 valence electrons. The molecule has 0 radical (unpaired) electrons. The molecule has 1 saturated heterocycles. The summed E-state index contributed by atoms with van der Waals surface area (Å²) in [6.07, 6.45) is 4.78. The lowest BCUT2D eigenvalue weighted by atomic mass is 9.94. The number of rotatable bonds is 6. The van der Waals surface area contributed by atoms with Gasteiger partial charge in [-0.05, 0) is 12.6 Å². The van der Waals surface area contributed by atoms with Crippen molar-refractivity contribution in [2.24, 2.45) is 5.92 Å². The molecule has 1 aromatic heterocycles. The van der Waals surface area contributed by atoms with Gasteiger partial charge in [0.25, 0.3) is 0 Å². The van der Waals surface area contributed by atoms with Crippen molar-refractivity contribution in [3.63, 3.8) is 0 Å². The molecule has 2 aromatic rings. The zero-order valence-electron chi connectivity index (χ0n) is 13.9. The van der Waals surface area contributed by atoms with Crippen LogP contribution in [0.15, 0.2) is 42.7 Å². The van der Waals surface area contributed by atoms with Crippen molar-refractivity contribution < 1.29 is 0 Å². The highest BCUT2D eigenvalue weighted by Crippen LogP contribution is 2.25. The van der Waals surface area contributed by atoms with E-state index in [9.17, 15) is 0 Å². The van der Waals surface area contributed by atoms with Crippen LogP contribution < -0.4 is 10.9 Å². The maximum atomic E-state index is 4.38. The second-order valence-corrected chi connectivity index (χ2v) is 6.23. The van der Waals surface area contributed by atoms with E-state index in [0.29, 0.717) is 12.0 Å². The first kappa shape index (κ1) is 16.1. The summed E-state index contributed by atoms with van der Waals surface area (Å²) in [5, 5.41) is 0. The first-order valence-corrected chi connectivity index (χ1v) is 8.28. The first-order valence-electron chi connectivity index (χ1n) is 8.28.